The van der Waals surface area contributed by atoms with Crippen molar-refractivity contribution in [3.8, 4) is 0 Å². The predicted molar refractivity (Wildman–Crippen MR) is 126 cm³/mol. The highest BCUT2D eigenvalue weighted by Gasteiger charge is 2.44. The molecule has 1 aromatic carbocycles. The zero-order chi connectivity index (χ0) is 25.2. The van der Waals surface area contributed by atoms with Gasteiger partial charge in [0.15, 0.2) is 5.78 Å². The van der Waals surface area contributed by atoms with Crippen LogP contribution in [0.25, 0.3) is 0 Å². The summed E-state index contributed by atoms with van der Waals surface area (Å²) in [5, 5.41) is 17.9. The van der Waals surface area contributed by atoms with Crippen LogP contribution in [0.3, 0.4) is 0 Å². The van der Waals surface area contributed by atoms with Crippen molar-refractivity contribution in [2.24, 2.45) is 11.1 Å². The molecule has 0 unspecified atom stereocenters. The molecule has 1 fully saturated rings. The van der Waals surface area contributed by atoms with Crippen molar-refractivity contribution in [2.75, 3.05) is 11.9 Å². The van der Waals surface area contributed by atoms with E-state index in [9.17, 15) is 22.7 Å². The van der Waals surface area contributed by atoms with Crippen molar-refractivity contribution in [1.29, 1.82) is 0 Å². The minimum atomic E-state index is -4.22. The van der Waals surface area contributed by atoms with Gasteiger partial charge in [-0.05, 0) is 25.0 Å². The molecule has 4 N–H and O–H groups in total. The number of benzene rings is 1. The lowest BCUT2D eigenvalue weighted by Gasteiger charge is -2.18. The van der Waals surface area contributed by atoms with Gasteiger partial charge in [-0.15, -0.1) is 0 Å². The van der Waals surface area contributed by atoms with E-state index in [4.69, 9.17) is 5.14 Å². The number of nitrogens with one attached hydrogen (secondary N) is 1. The van der Waals surface area contributed by atoms with Crippen LogP contribution in [0.1, 0.15) is 33.6 Å². The van der Waals surface area contributed by atoms with Gasteiger partial charge >= 0.3 is 10.3 Å². The van der Waals surface area contributed by atoms with E-state index < -0.39 is 41.1 Å². The van der Waals surface area contributed by atoms with E-state index in [0.717, 1.165) is 11.3 Å². The first kappa shape index (κ1) is 24.9. The third-order valence-corrected chi connectivity index (χ3v) is 6.51. The Morgan fingerprint density at radius 2 is 2.09 bits per heavy atom. The number of carbonyl (C=O) groups is 1. The van der Waals surface area contributed by atoms with Crippen LogP contribution in [0.5, 0.6) is 0 Å². The summed E-state index contributed by atoms with van der Waals surface area (Å²) in [5.74, 6) is -1.03. The summed E-state index contributed by atoms with van der Waals surface area (Å²) in [5.41, 5.74) is 2.56. The molecule has 10 nitrogen and oxygen atoms in total. The van der Waals surface area contributed by atoms with Gasteiger partial charge in [0.1, 0.15) is 18.3 Å². The molecule has 4 rings (SSSR count). The first-order valence-electron chi connectivity index (χ1n) is 10.9. The fraction of sp³-hybridized carbons (Fsp3) is 0.348. The molecule has 3 aromatic rings. The molecule has 0 aliphatic heterocycles. The zero-order valence-electron chi connectivity index (χ0n) is 18.9. The standard InChI is InChI=1S/C23H26FN5O5S/c1-14-7-16(11-29(14)10-15-5-3-2-4-6-15)21(30)18-9-26-13-27-23(18)28-19-8-17(22(31)20(19)24)12-34-35(25,32)33/h2-7,9,11,13,17,19-20,22,31H,8,10,12H2,1H3,(H2,25,32,33)(H,26,27,28)/t17-,19-,20-,22-/m1/s1. The summed E-state index contributed by atoms with van der Waals surface area (Å²) < 4.78 is 43.3. The molecule has 1 aliphatic rings. The van der Waals surface area contributed by atoms with Crippen LogP contribution in [0.4, 0.5) is 10.2 Å². The van der Waals surface area contributed by atoms with E-state index in [1.807, 2.05) is 41.8 Å². The lowest BCUT2D eigenvalue weighted by atomic mass is 10.1. The number of hydrogen-bond donors (Lipinski definition) is 3. The average Bonchev–Trinajstić information content (AvgIpc) is 3.32. The Labute approximate surface area is 202 Å². The van der Waals surface area contributed by atoms with Crippen LogP contribution in [0.15, 0.2) is 55.1 Å². The van der Waals surface area contributed by atoms with Crippen molar-refractivity contribution < 1.29 is 26.9 Å². The molecular formula is C23H26FN5O5S. The number of aliphatic hydroxyl groups is 1. The topological polar surface area (TPSA) is 149 Å². The lowest BCUT2D eigenvalue weighted by Crippen LogP contribution is -2.33. The SMILES string of the molecule is Cc1cc(C(=O)c2cncnc2N[C@@H]2C[C@H](COS(N)(=O)=O)[C@@H](O)[C@@H]2F)cn1Cc1ccccc1. The average molecular weight is 504 g/mol. The number of rotatable bonds is 9. The van der Waals surface area contributed by atoms with Gasteiger partial charge in [0.05, 0.1) is 24.3 Å². The van der Waals surface area contributed by atoms with E-state index in [1.165, 1.54) is 12.5 Å². The first-order valence-corrected chi connectivity index (χ1v) is 12.4. The van der Waals surface area contributed by atoms with Crippen molar-refractivity contribution in [2.45, 2.75) is 38.2 Å². The van der Waals surface area contributed by atoms with Gasteiger partial charge in [0.2, 0.25) is 0 Å². The van der Waals surface area contributed by atoms with E-state index in [2.05, 4.69) is 19.5 Å². The number of nitrogens with two attached hydrogens (primary N) is 1. The van der Waals surface area contributed by atoms with Crippen molar-refractivity contribution in [3.05, 3.63) is 77.5 Å². The molecule has 1 aliphatic carbocycles. The van der Waals surface area contributed by atoms with E-state index in [-0.39, 0.29) is 23.6 Å². The van der Waals surface area contributed by atoms with Crippen molar-refractivity contribution >= 4 is 21.9 Å². The van der Waals surface area contributed by atoms with Crippen molar-refractivity contribution in [3.63, 3.8) is 0 Å². The van der Waals surface area contributed by atoms with Crippen LogP contribution < -0.4 is 10.5 Å². The monoisotopic (exact) mass is 503 g/mol. The largest absolute Gasteiger partial charge is 0.390 e. The molecule has 12 heteroatoms. The molecule has 4 atom stereocenters. The molecule has 2 heterocycles. The third-order valence-electron chi connectivity index (χ3n) is 6.05. The van der Waals surface area contributed by atoms with Gasteiger partial charge in [0.25, 0.3) is 0 Å². The first-order chi connectivity index (χ1) is 16.6. The second kappa shape index (κ2) is 10.2. The highest BCUT2D eigenvalue weighted by atomic mass is 32.2. The Morgan fingerprint density at radius 3 is 2.80 bits per heavy atom. The van der Waals surface area contributed by atoms with Gasteiger partial charge in [-0.3, -0.25) is 8.98 Å². The maximum atomic E-state index is 14.8. The minimum absolute atomic E-state index is 0.0437. The molecule has 35 heavy (non-hydrogen) atoms. The highest BCUT2D eigenvalue weighted by molar-refractivity contribution is 7.84. The fourth-order valence-electron chi connectivity index (χ4n) is 4.21. The summed E-state index contributed by atoms with van der Waals surface area (Å²) in [6.07, 6.45) is 1.16. The van der Waals surface area contributed by atoms with Crippen molar-refractivity contribution in [1.82, 2.24) is 14.5 Å². The maximum Gasteiger partial charge on any atom is 0.333 e. The summed E-state index contributed by atoms with van der Waals surface area (Å²) in [4.78, 5) is 21.4. The van der Waals surface area contributed by atoms with Crippen LogP contribution in [0, 0.1) is 12.8 Å². The molecule has 1 saturated carbocycles. The Morgan fingerprint density at radius 1 is 1.34 bits per heavy atom. The lowest BCUT2D eigenvalue weighted by molar-refractivity contribution is 0.0501. The van der Waals surface area contributed by atoms with Crippen LogP contribution in [0.2, 0.25) is 0 Å². The molecular weight excluding hydrogens is 477 g/mol. The van der Waals surface area contributed by atoms with Gasteiger partial charge < -0.3 is 15.0 Å². The third kappa shape index (κ3) is 5.90. The highest BCUT2D eigenvalue weighted by Crippen LogP contribution is 2.32. The van der Waals surface area contributed by atoms with Gasteiger partial charge in [-0.2, -0.15) is 8.42 Å². The number of carbonyl (C=O) groups excluding carboxylic acids is 1. The van der Waals surface area contributed by atoms with Crippen LogP contribution in [-0.2, 0) is 21.0 Å². The number of ketones is 1. The normalized spacial score (nSPS) is 22.3. The summed E-state index contributed by atoms with van der Waals surface area (Å²) in [7, 11) is -4.22. The van der Waals surface area contributed by atoms with Gasteiger partial charge in [0, 0.05) is 36.1 Å². The number of aryl methyl sites for hydroxylation is 1. The maximum absolute atomic E-state index is 14.8. The number of halogens is 1. The fourth-order valence-corrected chi connectivity index (χ4v) is 4.58. The Bertz CT molecular complexity index is 1300. The molecule has 0 radical (unpaired) electrons. The smallest absolute Gasteiger partial charge is 0.333 e. The molecule has 0 spiro atoms. The number of nitrogens with zero attached hydrogens (tertiary/aromatic N) is 3. The summed E-state index contributed by atoms with van der Waals surface area (Å²) in [6.45, 7) is 2.04. The molecule has 2 aromatic heterocycles. The number of anilines is 1. The second-order valence-electron chi connectivity index (χ2n) is 8.56. The number of alkyl halides is 1. The summed E-state index contributed by atoms with van der Waals surface area (Å²) >= 11 is 0. The van der Waals surface area contributed by atoms with Crippen LogP contribution >= 0.6 is 0 Å². The Balaban J connectivity index is 1.51. The zero-order valence-corrected chi connectivity index (χ0v) is 19.7. The minimum Gasteiger partial charge on any atom is -0.390 e. The van der Waals surface area contributed by atoms with Crippen LogP contribution in [-0.4, -0.2) is 58.8 Å². The number of hydrogen-bond acceptors (Lipinski definition) is 8. The second-order valence-corrected chi connectivity index (χ2v) is 9.78. The Kier molecular flexibility index (Phi) is 7.26. The summed E-state index contributed by atoms with van der Waals surface area (Å²) in [6, 6.07) is 10.7. The van der Waals surface area contributed by atoms with E-state index in [0.29, 0.717) is 12.1 Å². The van der Waals surface area contributed by atoms with Gasteiger partial charge in [-0.1, -0.05) is 30.3 Å². The predicted octanol–water partition coefficient (Wildman–Crippen LogP) is 1.59. The molecule has 186 valence electrons. The number of aliphatic hydroxyl groups excluding tert-OH is 1. The molecule has 0 bridgehead atoms. The molecule has 0 amide bonds. The molecule has 0 saturated heterocycles. The van der Waals surface area contributed by atoms with Gasteiger partial charge in [-0.25, -0.2) is 19.5 Å². The number of aromatic nitrogens is 3. The quantitative estimate of drug-likeness (QED) is 0.373. The van der Waals surface area contributed by atoms with E-state index in [1.54, 1.807) is 12.3 Å². The van der Waals surface area contributed by atoms with E-state index >= 15 is 0 Å². The Hall–Kier alpha value is -3.19.